The highest BCUT2D eigenvalue weighted by atomic mass is 32.2. The van der Waals surface area contributed by atoms with Crippen molar-refractivity contribution in [2.75, 3.05) is 0 Å². The highest BCUT2D eigenvalue weighted by Crippen LogP contribution is 2.65. The third kappa shape index (κ3) is 8.49. The fourth-order valence-electron chi connectivity index (χ4n) is 20.5. The zero-order valence-electron chi connectivity index (χ0n) is 39.6. The summed E-state index contributed by atoms with van der Waals surface area (Å²) in [5.41, 5.74) is 0. The number of hydrogen-bond acceptors (Lipinski definition) is 3. The van der Waals surface area contributed by atoms with E-state index in [-0.39, 0.29) is 0 Å². The van der Waals surface area contributed by atoms with Crippen molar-refractivity contribution in [1.82, 2.24) is 4.90 Å². The lowest BCUT2D eigenvalue weighted by Crippen LogP contribution is -2.62. The summed E-state index contributed by atoms with van der Waals surface area (Å²) in [5.74, 6) is 14.5. The van der Waals surface area contributed by atoms with Gasteiger partial charge in [0.2, 0.25) is 0 Å². The van der Waals surface area contributed by atoms with Crippen LogP contribution >= 0.6 is 11.8 Å². The first-order valence-corrected chi connectivity index (χ1v) is 30.3. The molecular weight excluding hydrogens is 759 g/mol. The average Bonchev–Trinajstić information content (AvgIpc) is 3.91. The Morgan fingerprint density at radius 1 is 0.295 bits per heavy atom. The molecule has 12 rings (SSSR count). The lowest BCUT2D eigenvalue weighted by atomic mass is 9.58. The van der Waals surface area contributed by atoms with Crippen LogP contribution in [0.15, 0.2) is 0 Å². The number of rotatable bonds is 7. The molecule has 61 heavy (non-hydrogen) atoms. The summed E-state index contributed by atoms with van der Waals surface area (Å²) < 4.78 is 7.06. The maximum atomic E-state index is 7.06. The Bertz CT molecular complexity index is 1330. The first-order valence-electron chi connectivity index (χ1n) is 29.3. The molecule has 11 unspecified atom stereocenters. The van der Waals surface area contributed by atoms with Gasteiger partial charge >= 0.3 is 0 Å². The van der Waals surface area contributed by atoms with Gasteiger partial charge in [-0.1, -0.05) is 96.3 Å². The molecular formula is C58H95NOS. The molecule has 344 valence electrons. The van der Waals surface area contributed by atoms with Crippen molar-refractivity contribution in [1.29, 1.82) is 0 Å². The van der Waals surface area contributed by atoms with Crippen molar-refractivity contribution in [3.8, 4) is 0 Å². The first-order chi connectivity index (χ1) is 30.2. The van der Waals surface area contributed by atoms with E-state index in [9.17, 15) is 0 Å². The monoisotopic (exact) mass is 854 g/mol. The predicted molar refractivity (Wildman–Crippen MR) is 257 cm³/mol. The van der Waals surface area contributed by atoms with Crippen molar-refractivity contribution in [2.45, 2.75) is 278 Å². The van der Waals surface area contributed by atoms with E-state index in [4.69, 9.17) is 4.74 Å². The Balaban J connectivity index is 0.773. The van der Waals surface area contributed by atoms with Crippen molar-refractivity contribution < 1.29 is 4.74 Å². The maximum absolute atomic E-state index is 7.06. The predicted octanol–water partition coefficient (Wildman–Crippen LogP) is 15.8. The van der Waals surface area contributed by atoms with Crippen LogP contribution in [-0.2, 0) is 4.74 Å². The second-order valence-corrected chi connectivity index (χ2v) is 27.2. The summed E-state index contributed by atoms with van der Waals surface area (Å²) >= 11 is 2.68. The Hall–Kier alpha value is 0.270. The molecule has 0 aromatic carbocycles. The van der Waals surface area contributed by atoms with Gasteiger partial charge in [-0.3, -0.25) is 4.90 Å². The molecule has 2 nitrogen and oxygen atoms in total. The van der Waals surface area contributed by atoms with Crippen LogP contribution in [0.25, 0.3) is 0 Å². The van der Waals surface area contributed by atoms with Crippen LogP contribution in [0.5, 0.6) is 0 Å². The fourth-order valence-corrected chi connectivity index (χ4v) is 23.0. The minimum Gasteiger partial charge on any atom is -0.374 e. The molecule has 2 heterocycles. The van der Waals surface area contributed by atoms with Gasteiger partial charge in [0, 0.05) is 34.5 Å². The van der Waals surface area contributed by atoms with Gasteiger partial charge in [-0.05, 0) is 218 Å². The minimum absolute atomic E-state index is 0.611. The summed E-state index contributed by atoms with van der Waals surface area (Å²) in [6, 6.07) is 2.67. The minimum atomic E-state index is 0.611. The normalized spacial score (nSPS) is 51.2. The maximum Gasteiger partial charge on any atom is 0.0621 e. The van der Waals surface area contributed by atoms with E-state index in [0.29, 0.717) is 12.2 Å². The molecule has 11 atom stereocenters. The Kier molecular flexibility index (Phi) is 13.3. The van der Waals surface area contributed by atoms with Gasteiger partial charge in [-0.2, -0.15) is 11.8 Å². The number of thioether (sulfide) groups is 1. The largest absolute Gasteiger partial charge is 0.374 e. The standard InChI is InChI=1S/C58H95NOS/c1-3-11-38(12-4-1)40-19-23-42(24-20-40)44-27-31-47(32-28-44)59(48-33-29-45(30-34-48)43-25-21-41(22-26-43)39-13-5-2-6-14-39)56-49-16-8-7-15-46(49)37-52-50-35-36-54-55(57(50)61-58(52)56)51-17-9-10-18-53(51)60-54/h38-58H,1-37H2. The third-order valence-electron chi connectivity index (χ3n) is 23.5. The van der Waals surface area contributed by atoms with E-state index in [2.05, 4.69) is 16.7 Å². The number of hydrogen-bond donors (Lipinski definition) is 0. The van der Waals surface area contributed by atoms with Crippen LogP contribution in [0.4, 0.5) is 0 Å². The van der Waals surface area contributed by atoms with Crippen molar-refractivity contribution in [2.24, 2.45) is 82.9 Å². The van der Waals surface area contributed by atoms with Crippen molar-refractivity contribution >= 4 is 11.8 Å². The molecule has 10 aliphatic carbocycles. The smallest absolute Gasteiger partial charge is 0.0621 e. The van der Waals surface area contributed by atoms with Crippen LogP contribution in [0.2, 0.25) is 0 Å². The zero-order chi connectivity index (χ0) is 40.3. The molecule has 2 saturated heterocycles. The van der Waals surface area contributed by atoms with E-state index in [1.165, 1.54) is 89.9 Å². The SMILES string of the molecule is C1CCC(C2CCC(C3CCC(N(C4CCC(C5CCC(C6CCCCC6)CC5)CC4)C4C5CCCCC5CC5C6CCC7OC8CCCCC8C7C6SC54)CC3)CC2)CC1. The Morgan fingerprint density at radius 3 is 1.26 bits per heavy atom. The van der Waals surface area contributed by atoms with Gasteiger partial charge in [0.15, 0.2) is 0 Å². The third-order valence-corrected chi connectivity index (χ3v) is 25.4. The van der Waals surface area contributed by atoms with E-state index >= 15 is 0 Å². The van der Waals surface area contributed by atoms with Crippen LogP contribution in [0, 0.1) is 82.9 Å². The quantitative estimate of drug-likeness (QED) is 0.253. The van der Waals surface area contributed by atoms with Gasteiger partial charge in [0.25, 0.3) is 0 Å². The molecule has 0 aromatic rings. The van der Waals surface area contributed by atoms with E-state index in [0.717, 1.165) is 111 Å². The van der Waals surface area contributed by atoms with E-state index in [1.54, 1.807) is 148 Å². The van der Waals surface area contributed by atoms with E-state index in [1.807, 2.05) is 0 Å². The van der Waals surface area contributed by atoms with Gasteiger partial charge in [-0.25, -0.2) is 0 Å². The van der Waals surface area contributed by atoms with Crippen molar-refractivity contribution in [3.05, 3.63) is 0 Å². The Morgan fingerprint density at radius 2 is 0.721 bits per heavy atom. The molecule has 0 radical (unpaired) electrons. The second-order valence-electron chi connectivity index (χ2n) is 25.9. The molecule has 0 N–H and O–H groups in total. The van der Waals surface area contributed by atoms with Crippen LogP contribution in [0.1, 0.15) is 238 Å². The van der Waals surface area contributed by atoms with Gasteiger partial charge in [0.1, 0.15) is 0 Å². The highest BCUT2D eigenvalue weighted by Gasteiger charge is 2.63. The Labute approximate surface area is 380 Å². The van der Waals surface area contributed by atoms with Gasteiger partial charge in [-0.15, -0.1) is 0 Å². The zero-order valence-corrected chi connectivity index (χ0v) is 40.4. The van der Waals surface area contributed by atoms with Crippen LogP contribution < -0.4 is 0 Å². The molecule has 2 aliphatic heterocycles. The van der Waals surface area contributed by atoms with Crippen LogP contribution in [-0.4, -0.2) is 45.7 Å². The number of nitrogens with zero attached hydrogens (tertiary/aromatic N) is 1. The summed E-state index contributed by atoms with van der Waals surface area (Å²) in [5, 5.41) is 1.85. The number of ether oxygens (including phenoxy) is 1. The average molecular weight is 854 g/mol. The summed E-state index contributed by atoms with van der Waals surface area (Å²) in [6.45, 7) is 0. The second kappa shape index (κ2) is 19.1. The summed E-state index contributed by atoms with van der Waals surface area (Å²) in [6.07, 6.45) is 58.5. The summed E-state index contributed by atoms with van der Waals surface area (Å²) in [7, 11) is 0. The molecule has 0 aromatic heterocycles. The highest BCUT2D eigenvalue weighted by molar-refractivity contribution is 8.00. The topological polar surface area (TPSA) is 12.5 Å². The summed E-state index contributed by atoms with van der Waals surface area (Å²) in [4.78, 5) is 3.56. The van der Waals surface area contributed by atoms with Crippen molar-refractivity contribution in [3.63, 3.8) is 0 Å². The van der Waals surface area contributed by atoms with Gasteiger partial charge in [0.05, 0.1) is 12.2 Å². The number of fused-ring (bicyclic) bond motifs is 8. The lowest BCUT2D eigenvalue weighted by Gasteiger charge is -2.57. The molecule has 0 amide bonds. The molecule has 10 saturated carbocycles. The molecule has 12 aliphatic rings. The van der Waals surface area contributed by atoms with Crippen LogP contribution in [0.3, 0.4) is 0 Å². The first kappa shape index (κ1) is 42.6. The molecule has 0 spiro atoms. The molecule has 3 heteroatoms. The fraction of sp³-hybridized carbons (Fsp3) is 1.00. The van der Waals surface area contributed by atoms with Gasteiger partial charge < -0.3 is 4.74 Å². The molecule has 12 fully saturated rings. The molecule has 0 bridgehead atoms. The lowest BCUT2D eigenvalue weighted by molar-refractivity contribution is -0.0612. The van der Waals surface area contributed by atoms with E-state index < -0.39 is 0 Å².